The monoisotopic (exact) mass is 384 g/mol. The van der Waals surface area contributed by atoms with E-state index in [0.717, 1.165) is 5.56 Å². The van der Waals surface area contributed by atoms with Gasteiger partial charge in [-0.05, 0) is 23.8 Å². The van der Waals surface area contributed by atoms with E-state index in [9.17, 15) is 14.4 Å². The zero-order chi connectivity index (χ0) is 19.4. The van der Waals surface area contributed by atoms with Crippen LogP contribution < -0.4 is 5.32 Å². The van der Waals surface area contributed by atoms with Crippen LogP contribution in [0.1, 0.15) is 17.8 Å². The Hall–Kier alpha value is -3.06. The summed E-state index contributed by atoms with van der Waals surface area (Å²) in [6, 6.07) is 6.94. The zero-order valence-electron chi connectivity index (χ0n) is 14.4. The van der Waals surface area contributed by atoms with Crippen LogP contribution in [0.3, 0.4) is 0 Å². The Kier molecular flexibility index (Phi) is 5.61. The molecule has 0 unspecified atom stereocenters. The molecule has 0 radical (unpaired) electrons. The minimum Gasteiger partial charge on any atom is -0.323 e. The summed E-state index contributed by atoms with van der Waals surface area (Å²) in [5.41, 5.74) is 1.40. The average molecular weight is 385 g/mol. The fraction of sp³-hybridized carbons (Fsp3) is 0.211. The molecule has 1 saturated heterocycles. The van der Waals surface area contributed by atoms with Crippen molar-refractivity contribution >= 4 is 35.0 Å². The van der Waals surface area contributed by atoms with Crippen LogP contribution in [0, 0.1) is 5.92 Å². The van der Waals surface area contributed by atoms with Crippen LogP contribution >= 0.6 is 11.6 Å². The Labute approximate surface area is 161 Å². The van der Waals surface area contributed by atoms with Gasteiger partial charge < -0.3 is 5.32 Å². The first kappa shape index (κ1) is 18.7. The maximum atomic E-state index is 12.6. The summed E-state index contributed by atoms with van der Waals surface area (Å²) in [6.45, 7) is 3.58. The number of imide groups is 1. The Morgan fingerprint density at radius 3 is 2.56 bits per heavy atom. The summed E-state index contributed by atoms with van der Waals surface area (Å²) in [7, 11) is 0. The number of hydrogen-bond acceptors (Lipinski definition) is 5. The van der Waals surface area contributed by atoms with Crippen LogP contribution in [0.4, 0.5) is 5.69 Å². The molecule has 0 saturated carbocycles. The molecule has 1 fully saturated rings. The van der Waals surface area contributed by atoms with E-state index < -0.39 is 5.92 Å². The van der Waals surface area contributed by atoms with E-state index >= 15 is 0 Å². The standard InChI is InChI=1S/C19H17ClN4O3/c1-2-17(25)23-15-5-3-12(4-6-15)11-24-18(26)8-13(19(24)27)7-16-21-9-14(20)10-22-16/h2-6,9-10,13H,1,7-8,11H2,(H,23,25)/t13-/m1/s1. The molecular formula is C19H17ClN4O3. The van der Waals surface area contributed by atoms with Gasteiger partial charge in [0.2, 0.25) is 17.7 Å². The third-order valence-electron chi connectivity index (χ3n) is 4.19. The number of likely N-dealkylation sites (tertiary alicyclic amines) is 1. The fourth-order valence-electron chi connectivity index (χ4n) is 2.81. The lowest BCUT2D eigenvalue weighted by Gasteiger charge is -2.15. The van der Waals surface area contributed by atoms with Gasteiger partial charge in [0.05, 0.1) is 17.5 Å². The second-order valence-corrected chi connectivity index (χ2v) is 6.57. The second-order valence-electron chi connectivity index (χ2n) is 6.13. The van der Waals surface area contributed by atoms with Crippen molar-refractivity contribution < 1.29 is 14.4 Å². The van der Waals surface area contributed by atoms with Gasteiger partial charge in [0.15, 0.2) is 0 Å². The number of aromatic nitrogens is 2. The summed E-state index contributed by atoms with van der Waals surface area (Å²) < 4.78 is 0. The zero-order valence-corrected chi connectivity index (χ0v) is 15.1. The van der Waals surface area contributed by atoms with Gasteiger partial charge in [-0.15, -0.1) is 0 Å². The van der Waals surface area contributed by atoms with Crippen molar-refractivity contribution in [1.29, 1.82) is 0 Å². The van der Waals surface area contributed by atoms with Crippen molar-refractivity contribution in [3.05, 3.63) is 65.7 Å². The van der Waals surface area contributed by atoms with Crippen LogP contribution in [0.5, 0.6) is 0 Å². The molecule has 2 aromatic rings. The van der Waals surface area contributed by atoms with E-state index in [4.69, 9.17) is 11.6 Å². The van der Waals surface area contributed by atoms with E-state index in [0.29, 0.717) is 23.0 Å². The number of anilines is 1. The molecule has 1 aliphatic heterocycles. The predicted molar refractivity (Wildman–Crippen MR) is 99.7 cm³/mol. The Morgan fingerprint density at radius 1 is 1.26 bits per heavy atom. The minimum atomic E-state index is -0.468. The van der Waals surface area contributed by atoms with Crippen LogP contribution in [0.2, 0.25) is 5.02 Å². The van der Waals surface area contributed by atoms with Crippen molar-refractivity contribution in [1.82, 2.24) is 14.9 Å². The Morgan fingerprint density at radius 2 is 1.93 bits per heavy atom. The number of rotatable bonds is 6. The van der Waals surface area contributed by atoms with Crippen molar-refractivity contribution in [2.75, 3.05) is 5.32 Å². The lowest BCUT2D eigenvalue weighted by atomic mass is 10.0. The Balaban J connectivity index is 1.64. The Bertz CT molecular complexity index is 881. The molecule has 0 aliphatic carbocycles. The second kappa shape index (κ2) is 8.09. The van der Waals surface area contributed by atoms with Crippen molar-refractivity contribution in [2.45, 2.75) is 19.4 Å². The SMILES string of the molecule is C=CC(=O)Nc1ccc(CN2C(=O)C[C@@H](Cc3ncc(Cl)cn3)C2=O)cc1. The smallest absolute Gasteiger partial charge is 0.247 e. The number of carbonyl (C=O) groups is 3. The highest BCUT2D eigenvalue weighted by molar-refractivity contribution is 6.30. The van der Waals surface area contributed by atoms with Gasteiger partial charge >= 0.3 is 0 Å². The van der Waals surface area contributed by atoms with E-state index in [1.54, 1.807) is 24.3 Å². The number of nitrogens with one attached hydrogen (secondary N) is 1. The highest BCUT2D eigenvalue weighted by Gasteiger charge is 2.38. The third kappa shape index (κ3) is 4.57. The highest BCUT2D eigenvalue weighted by atomic mass is 35.5. The predicted octanol–water partition coefficient (Wildman–Crippen LogP) is 2.37. The van der Waals surface area contributed by atoms with E-state index in [2.05, 4.69) is 21.9 Å². The highest BCUT2D eigenvalue weighted by Crippen LogP contribution is 2.25. The van der Waals surface area contributed by atoms with Crippen LogP contribution in [0.15, 0.2) is 49.3 Å². The van der Waals surface area contributed by atoms with Crippen LogP contribution in [0.25, 0.3) is 0 Å². The van der Waals surface area contributed by atoms with E-state index in [1.807, 2.05) is 0 Å². The number of halogens is 1. The summed E-state index contributed by atoms with van der Waals surface area (Å²) in [5, 5.41) is 3.06. The molecule has 1 aliphatic rings. The molecule has 138 valence electrons. The van der Waals surface area contributed by atoms with Gasteiger partial charge in [-0.3, -0.25) is 19.3 Å². The molecule has 0 spiro atoms. The quantitative estimate of drug-likeness (QED) is 0.609. The molecule has 1 atom stereocenters. The van der Waals surface area contributed by atoms with Gasteiger partial charge in [0, 0.05) is 30.9 Å². The van der Waals surface area contributed by atoms with Crippen LogP contribution in [-0.4, -0.2) is 32.6 Å². The molecule has 1 aromatic heterocycles. The molecule has 3 rings (SSSR count). The number of carbonyl (C=O) groups excluding carboxylic acids is 3. The summed E-state index contributed by atoms with van der Waals surface area (Å²) in [6.07, 6.45) is 4.55. The lowest BCUT2D eigenvalue weighted by molar-refractivity contribution is -0.140. The van der Waals surface area contributed by atoms with Gasteiger partial charge in [-0.25, -0.2) is 9.97 Å². The van der Waals surface area contributed by atoms with Gasteiger partial charge in [-0.1, -0.05) is 30.3 Å². The van der Waals surface area contributed by atoms with Crippen molar-refractivity contribution in [2.24, 2.45) is 5.92 Å². The molecule has 0 bridgehead atoms. The van der Waals surface area contributed by atoms with Gasteiger partial charge in [0.1, 0.15) is 5.82 Å². The van der Waals surface area contributed by atoms with Crippen LogP contribution in [-0.2, 0) is 27.3 Å². The molecule has 1 N–H and O–H groups in total. The minimum absolute atomic E-state index is 0.137. The average Bonchev–Trinajstić information content (AvgIpc) is 2.92. The molecule has 8 heteroatoms. The van der Waals surface area contributed by atoms with Gasteiger partial charge in [0.25, 0.3) is 0 Å². The topological polar surface area (TPSA) is 92.3 Å². The maximum Gasteiger partial charge on any atom is 0.247 e. The molecule has 2 heterocycles. The van der Waals surface area contributed by atoms with Crippen molar-refractivity contribution in [3.63, 3.8) is 0 Å². The third-order valence-corrected chi connectivity index (χ3v) is 4.38. The summed E-state index contributed by atoms with van der Waals surface area (Å²) in [5.74, 6) is -0.745. The first-order valence-electron chi connectivity index (χ1n) is 8.29. The number of amides is 3. The molecule has 27 heavy (non-hydrogen) atoms. The largest absolute Gasteiger partial charge is 0.323 e. The first-order valence-corrected chi connectivity index (χ1v) is 8.67. The lowest BCUT2D eigenvalue weighted by Crippen LogP contribution is -2.30. The normalized spacial score (nSPS) is 16.5. The summed E-state index contributed by atoms with van der Waals surface area (Å²) >= 11 is 5.76. The number of nitrogens with zero attached hydrogens (tertiary/aromatic N) is 3. The van der Waals surface area contributed by atoms with Gasteiger partial charge in [-0.2, -0.15) is 0 Å². The molecule has 1 aromatic carbocycles. The maximum absolute atomic E-state index is 12.6. The van der Waals surface area contributed by atoms with E-state index in [1.165, 1.54) is 23.4 Å². The molecule has 7 nitrogen and oxygen atoms in total. The van der Waals surface area contributed by atoms with Crippen molar-refractivity contribution in [3.8, 4) is 0 Å². The summed E-state index contributed by atoms with van der Waals surface area (Å²) in [4.78, 5) is 45.6. The fourth-order valence-corrected chi connectivity index (χ4v) is 2.91. The number of hydrogen-bond donors (Lipinski definition) is 1. The number of benzene rings is 1. The molecule has 3 amide bonds. The molecular weight excluding hydrogens is 368 g/mol. The van der Waals surface area contributed by atoms with E-state index in [-0.39, 0.29) is 30.7 Å². The first-order chi connectivity index (χ1) is 13.0.